The van der Waals surface area contributed by atoms with Gasteiger partial charge in [-0.25, -0.2) is 11.4 Å². The second kappa shape index (κ2) is 32.6. The smallest absolute Gasteiger partial charge is 0.337 e. The van der Waals surface area contributed by atoms with Crippen LogP contribution in [0, 0.1) is 17.9 Å². The van der Waals surface area contributed by atoms with E-state index in [1.807, 2.05) is 13.8 Å². The molecule has 0 aromatic carbocycles. The fourth-order valence-electron chi connectivity index (χ4n) is 4.55. The van der Waals surface area contributed by atoms with Crippen molar-refractivity contribution < 1.29 is 14.7 Å². The molecule has 0 aromatic heterocycles. The number of Topliss-reactive ketones (excluding diaryl/α,β-unsaturated/α-hetero) is 1. The van der Waals surface area contributed by atoms with Crippen LogP contribution < -0.4 is 0 Å². The van der Waals surface area contributed by atoms with Crippen LogP contribution in [0.2, 0.25) is 0 Å². The molecule has 0 aromatic rings. The van der Waals surface area contributed by atoms with Crippen LogP contribution in [0.4, 0.5) is 0 Å². The molecule has 8 nitrogen and oxygen atoms in total. The average molecular weight is 736 g/mol. The van der Waals surface area contributed by atoms with Gasteiger partial charge in [-0.1, -0.05) is 148 Å². The summed E-state index contributed by atoms with van der Waals surface area (Å²) in [6.07, 6.45) is 23.9. The number of azo groups is 1. The van der Waals surface area contributed by atoms with Gasteiger partial charge in [-0.3, -0.25) is 9.64 Å². The summed E-state index contributed by atoms with van der Waals surface area (Å²) in [6.45, 7) is 29.7. The Balaban J connectivity index is -0.000000954. The van der Waals surface area contributed by atoms with Crippen LogP contribution in [0.1, 0.15) is 184 Å². The summed E-state index contributed by atoms with van der Waals surface area (Å²) in [5, 5.41) is 24.4. The summed E-state index contributed by atoms with van der Waals surface area (Å²) in [4.78, 5) is 27.7. The van der Waals surface area contributed by atoms with Gasteiger partial charge in [-0.15, -0.1) is 5.11 Å². The molecule has 50 heavy (non-hydrogen) atoms. The summed E-state index contributed by atoms with van der Waals surface area (Å²) < 4.78 is 0.509. The Morgan fingerprint density at radius 2 is 1.24 bits per heavy atom. The molecule has 0 aliphatic heterocycles. The number of thiocarbonyl (C=S) groups is 1. The van der Waals surface area contributed by atoms with E-state index < -0.39 is 17.2 Å². The molecule has 0 saturated heterocycles. The van der Waals surface area contributed by atoms with E-state index in [1.165, 1.54) is 89.9 Å². The first kappa shape index (κ1) is 52.1. The van der Waals surface area contributed by atoms with E-state index in [1.54, 1.807) is 25.6 Å². The van der Waals surface area contributed by atoms with E-state index in [-0.39, 0.29) is 4.75 Å². The number of rotatable bonds is 26. The normalized spacial score (nSPS) is 14.2. The lowest BCUT2D eigenvalue weighted by molar-refractivity contribution is -0.131. The quantitative estimate of drug-likeness (QED) is 0.0309. The van der Waals surface area contributed by atoms with Crippen LogP contribution in [0.15, 0.2) is 22.9 Å². The molecule has 3 atom stereocenters. The number of hydrogen-bond acceptors (Lipinski definition) is 7. The molecule has 0 heterocycles. The molecule has 0 aliphatic rings. The summed E-state index contributed by atoms with van der Waals surface area (Å²) in [6, 6.07) is 2.09. The van der Waals surface area contributed by atoms with Gasteiger partial charge < -0.3 is 10.0 Å². The molecule has 0 saturated carbocycles. The monoisotopic (exact) mass is 736 g/mol. The maximum atomic E-state index is 12.9. The number of nitrogens with zero attached hydrogens (tertiary/aromatic N) is 5. The zero-order valence-electron chi connectivity index (χ0n) is 33.4. The number of carboxylic acid groups (broad SMARTS) is 1. The lowest BCUT2D eigenvalue weighted by Gasteiger charge is -2.30. The minimum Gasteiger partial charge on any atom is -0.478 e. The Bertz CT molecular complexity index is 1010. The second-order valence-electron chi connectivity index (χ2n) is 13.4. The second-order valence-corrected chi connectivity index (χ2v) is 15.5. The molecule has 0 aliphatic carbocycles. The minimum atomic E-state index is -0.981. The first-order valence-electron chi connectivity index (χ1n) is 19.3. The number of aliphatic carboxylic acids is 1. The number of carboxylic acids is 1. The number of nitriles is 1. The fraction of sp³-hybridized carbons (Fsp3) is 0.825. The topological polar surface area (TPSA) is 110 Å². The predicted molar refractivity (Wildman–Crippen MR) is 219 cm³/mol. The van der Waals surface area contributed by atoms with Gasteiger partial charge in [0, 0.05) is 38.9 Å². The largest absolute Gasteiger partial charge is 0.478 e. The zero-order valence-corrected chi connectivity index (χ0v) is 35.1. The SMILES string of the molecule is C=CC(=O)O.CCCCCCCCCCCCCCCCCC(=O)C(C)(CC)SC(=S)N(CC)CC.[C-]#[N+]C(C)(CC)N=NC(C)(C#N)CC. The Labute approximate surface area is 317 Å². The van der Waals surface area contributed by atoms with Crippen molar-refractivity contribution in [2.45, 2.75) is 200 Å². The van der Waals surface area contributed by atoms with E-state index >= 15 is 0 Å². The van der Waals surface area contributed by atoms with Gasteiger partial charge in [0.15, 0.2) is 5.54 Å². The standard InChI is InChI=1S/C27H53NOS2.C10H16N4.C3H4O2/c1-6-10-11-12-13-14-15-16-17-18-19-20-21-22-23-24-25(29)27(5,7-2)31-26(30)28(8-3)9-4;1-6-9(3,8-11)13-14-10(4,7-2)12-5;1-2-3(4)5/h6-24H2,1-5H3;6-7H2,1-4H3;2H,1H2,(H,4,5). The van der Waals surface area contributed by atoms with Crippen molar-refractivity contribution in [1.29, 1.82) is 5.26 Å². The molecule has 3 unspecified atom stereocenters. The Morgan fingerprint density at radius 3 is 1.54 bits per heavy atom. The third kappa shape index (κ3) is 27.4. The van der Waals surface area contributed by atoms with E-state index in [2.05, 4.69) is 67.2 Å². The summed E-state index contributed by atoms with van der Waals surface area (Å²) >= 11 is 7.20. The molecular formula is C40H73N5O3S2. The van der Waals surface area contributed by atoms with Crippen LogP contribution in [0.25, 0.3) is 4.85 Å². The highest BCUT2D eigenvalue weighted by molar-refractivity contribution is 8.24. The van der Waals surface area contributed by atoms with Crippen LogP contribution >= 0.6 is 24.0 Å². The van der Waals surface area contributed by atoms with Crippen molar-refractivity contribution in [1.82, 2.24) is 4.90 Å². The Hall–Kier alpha value is -2.30. The molecule has 0 amide bonds. The van der Waals surface area contributed by atoms with E-state index in [4.69, 9.17) is 29.2 Å². The van der Waals surface area contributed by atoms with Gasteiger partial charge in [0.25, 0.3) is 0 Å². The molecule has 0 bridgehead atoms. The minimum absolute atomic E-state index is 0.365. The summed E-state index contributed by atoms with van der Waals surface area (Å²) in [7, 11) is 0. The third-order valence-electron chi connectivity index (χ3n) is 9.11. The van der Waals surface area contributed by atoms with Crippen LogP contribution in [0.5, 0.6) is 0 Å². The fourth-order valence-corrected chi connectivity index (χ4v) is 6.49. The first-order valence-corrected chi connectivity index (χ1v) is 20.5. The zero-order chi connectivity index (χ0) is 38.9. The number of carbonyl (C=O) groups excluding carboxylic acids is 1. The summed E-state index contributed by atoms with van der Waals surface area (Å²) in [5.41, 5.74) is -1.60. The Kier molecular flexibility index (Phi) is 33.9. The first-order chi connectivity index (χ1) is 23.7. The predicted octanol–water partition coefficient (Wildman–Crippen LogP) is 12.8. The van der Waals surface area contributed by atoms with Crippen molar-refractivity contribution in [2.75, 3.05) is 13.1 Å². The highest BCUT2D eigenvalue weighted by atomic mass is 32.2. The van der Waals surface area contributed by atoms with Crippen LogP contribution in [0.3, 0.4) is 0 Å². The lowest BCUT2D eigenvalue weighted by atomic mass is 9.97. The number of ketones is 1. The van der Waals surface area contributed by atoms with Crippen LogP contribution in [-0.2, 0) is 9.59 Å². The number of unbranched alkanes of at least 4 members (excludes halogenated alkanes) is 14. The highest BCUT2D eigenvalue weighted by Crippen LogP contribution is 2.34. The maximum absolute atomic E-state index is 12.9. The molecule has 0 radical (unpaired) electrons. The molecule has 1 N–H and O–H groups in total. The lowest BCUT2D eigenvalue weighted by Crippen LogP contribution is -2.36. The van der Waals surface area contributed by atoms with Gasteiger partial charge in [0.2, 0.25) is 0 Å². The van der Waals surface area contributed by atoms with Crippen molar-refractivity contribution >= 4 is 40.1 Å². The Morgan fingerprint density at radius 1 is 0.820 bits per heavy atom. The van der Waals surface area contributed by atoms with E-state index in [9.17, 15) is 9.59 Å². The van der Waals surface area contributed by atoms with Gasteiger partial charge in [-0.05, 0) is 47.0 Å². The number of hydrogen-bond donors (Lipinski definition) is 1. The molecule has 288 valence electrons. The number of carbonyl (C=O) groups is 2. The molecule has 0 spiro atoms. The van der Waals surface area contributed by atoms with Gasteiger partial charge in [0.05, 0.1) is 10.8 Å². The average Bonchev–Trinajstić information content (AvgIpc) is 3.12. The molecule has 0 fully saturated rings. The van der Waals surface area contributed by atoms with Crippen molar-refractivity contribution in [3.63, 3.8) is 0 Å². The van der Waals surface area contributed by atoms with Crippen molar-refractivity contribution in [3.8, 4) is 6.07 Å². The van der Waals surface area contributed by atoms with Gasteiger partial charge in [-0.2, -0.15) is 10.4 Å². The molecular weight excluding hydrogens is 663 g/mol. The van der Waals surface area contributed by atoms with E-state index in [0.29, 0.717) is 25.0 Å². The van der Waals surface area contributed by atoms with Crippen molar-refractivity contribution in [2.24, 2.45) is 10.2 Å². The molecule has 0 rings (SSSR count). The van der Waals surface area contributed by atoms with E-state index in [0.717, 1.165) is 36.3 Å². The maximum Gasteiger partial charge on any atom is 0.337 e. The molecule has 10 heteroatoms. The number of thioether (sulfide) groups is 1. The third-order valence-corrected chi connectivity index (χ3v) is 11.0. The highest BCUT2D eigenvalue weighted by Gasteiger charge is 2.33. The van der Waals surface area contributed by atoms with Crippen LogP contribution in [-0.4, -0.2) is 55.1 Å². The van der Waals surface area contributed by atoms with Gasteiger partial charge >= 0.3 is 11.6 Å². The van der Waals surface area contributed by atoms with Gasteiger partial charge in [0.1, 0.15) is 10.1 Å². The van der Waals surface area contributed by atoms with Crippen molar-refractivity contribution in [3.05, 3.63) is 24.1 Å². The summed E-state index contributed by atoms with van der Waals surface area (Å²) in [5.74, 6) is -0.603.